The number of esters is 1. The number of phenolic OH excluding ortho intramolecular Hbond substituents is 1. The first-order valence-electron chi connectivity index (χ1n) is 13.5. The maximum Gasteiger partial charge on any atom is 0.333 e. The molecule has 0 aliphatic carbocycles. The first kappa shape index (κ1) is 28.5. The Morgan fingerprint density at radius 3 is 2.37 bits per heavy atom. The highest BCUT2D eigenvalue weighted by Gasteiger charge is 2.55. The first-order valence-corrected chi connectivity index (χ1v) is 14.3. The van der Waals surface area contributed by atoms with Crippen LogP contribution < -0.4 is 14.8 Å². The second-order valence-electron chi connectivity index (χ2n) is 10.9. The van der Waals surface area contributed by atoms with Gasteiger partial charge in [-0.05, 0) is 92.2 Å². The zero-order valence-corrected chi connectivity index (χ0v) is 24.4. The Kier molecular flexibility index (Phi) is 7.74. The standard InChI is InChI=1S/C32H33NO7S/c1-19-20(2)27-25(21(3)26(19)34)14-15-31(4,40-27)18-39-24-12-10-22(11-13-24)16-32(28(35)33-30(37)41-32)29(36)38-17-23-8-6-5-7-9-23/h5-13,34H,14-18H2,1-4H3,(H,33,35,37). The number of thioether (sulfide) groups is 1. The van der Waals surface area contributed by atoms with Gasteiger partial charge in [0.25, 0.3) is 11.1 Å². The molecule has 9 heteroatoms. The largest absolute Gasteiger partial charge is 0.507 e. The van der Waals surface area contributed by atoms with Gasteiger partial charge in [-0.25, -0.2) is 4.79 Å². The number of phenols is 1. The second-order valence-corrected chi connectivity index (χ2v) is 12.2. The highest BCUT2D eigenvalue weighted by atomic mass is 32.2. The molecule has 2 atom stereocenters. The topological polar surface area (TPSA) is 111 Å². The molecule has 0 bridgehead atoms. The third-order valence-electron chi connectivity index (χ3n) is 7.90. The number of hydrogen-bond donors (Lipinski definition) is 2. The fraction of sp³-hybridized carbons (Fsp3) is 0.344. The van der Waals surface area contributed by atoms with Gasteiger partial charge in [0, 0.05) is 12.0 Å². The number of fused-ring (bicyclic) bond motifs is 1. The molecular weight excluding hydrogens is 542 g/mol. The lowest BCUT2D eigenvalue weighted by atomic mass is 9.87. The van der Waals surface area contributed by atoms with Gasteiger partial charge >= 0.3 is 5.97 Å². The lowest BCUT2D eigenvalue weighted by Gasteiger charge is -2.37. The number of hydrogen-bond acceptors (Lipinski definition) is 8. The molecule has 214 valence electrons. The molecule has 2 aliphatic heterocycles. The molecule has 0 spiro atoms. The summed E-state index contributed by atoms with van der Waals surface area (Å²) in [7, 11) is 0. The number of ether oxygens (including phenoxy) is 3. The quantitative estimate of drug-likeness (QED) is 0.268. The molecule has 0 aromatic heterocycles. The van der Waals surface area contributed by atoms with Gasteiger partial charge in [0.05, 0.1) is 0 Å². The highest BCUT2D eigenvalue weighted by molar-refractivity contribution is 8.16. The maximum absolute atomic E-state index is 13.1. The van der Waals surface area contributed by atoms with E-state index in [-0.39, 0.29) is 13.0 Å². The Balaban J connectivity index is 1.25. The summed E-state index contributed by atoms with van der Waals surface area (Å²) in [6, 6.07) is 16.2. The average molecular weight is 576 g/mol. The molecule has 0 radical (unpaired) electrons. The fourth-order valence-corrected chi connectivity index (χ4v) is 6.19. The van der Waals surface area contributed by atoms with Crippen LogP contribution in [0.1, 0.15) is 46.7 Å². The third-order valence-corrected chi connectivity index (χ3v) is 9.04. The number of aromatic hydroxyl groups is 1. The van der Waals surface area contributed by atoms with Crippen LogP contribution >= 0.6 is 11.8 Å². The van der Waals surface area contributed by atoms with Gasteiger partial charge in [-0.3, -0.25) is 14.9 Å². The zero-order valence-electron chi connectivity index (χ0n) is 23.5. The van der Waals surface area contributed by atoms with E-state index in [9.17, 15) is 19.5 Å². The number of rotatable bonds is 8. The monoisotopic (exact) mass is 575 g/mol. The summed E-state index contributed by atoms with van der Waals surface area (Å²) in [6.07, 6.45) is 1.50. The first-order chi connectivity index (χ1) is 19.5. The summed E-state index contributed by atoms with van der Waals surface area (Å²) in [5.41, 5.74) is 4.56. The van der Waals surface area contributed by atoms with Crippen molar-refractivity contribution in [3.05, 3.63) is 88.0 Å². The minimum Gasteiger partial charge on any atom is -0.507 e. The molecular formula is C32H33NO7S. The summed E-state index contributed by atoms with van der Waals surface area (Å²) in [5, 5.41) is 12.1. The van der Waals surface area contributed by atoms with E-state index in [1.165, 1.54) is 0 Å². The normalized spacial score (nSPS) is 21.6. The Bertz CT molecular complexity index is 1500. The van der Waals surface area contributed by atoms with Gasteiger partial charge in [0.2, 0.25) is 4.75 Å². The van der Waals surface area contributed by atoms with Crippen LogP contribution in [-0.4, -0.2) is 39.2 Å². The van der Waals surface area contributed by atoms with Gasteiger partial charge in [0.1, 0.15) is 36.1 Å². The van der Waals surface area contributed by atoms with Gasteiger partial charge in [-0.2, -0.15) is 0 Å². The van der Waals surface area contributed by atoms with Crippen LogP contribution in [-0.2, 0) is 33.8 Å². The summed E-state index contributed by atoms with van der Waals surface area (Å²) >= 11 is 0.653. The van der Waals surface area contributed by atoms with E-state index >= 15 is 0 Å². The summed E-state index contributed by atoms with van der Waals surface area (Å²) in [5.74, 6) is 0.319. The highest BCUT2D eigenvalue weighted by Crippen LogP contribution is 2.43. The van der Waals surface area contributed by atoms with Crippen molar-refractivity contribution in [2.45, 2.75) is 63.9 Å². The van der Waals surface area contributed by atoms with E-state index in [0.29, 0.717) is 35.4 Å². The molecule has 2 N–H and O–H groups in total. The molecule has 5 rings (SSSR count). The smallest absolute Gasteiger partial charge is 0.333 e. The van der Waals surface area contributed by atoms with Crippen molar-refractivity contribution in [1.82, 2.24) is 5.32 Å². The Hall–Kier alpha value is -3.98. The minimum atomic E-state index is -1.70. The molecule has 0 saturated carbocycles. The van der Waals surface area contributed by atoms with Crippen LogP contribution in [0.2, 0.25) is 0 Å². The van der Waals surface area contributed by atoms with Crippen LogP contribution in [0.15, 0.2) is 54.6 Å². The van der Waals surface area contributed by atoms with Crippen LogP contribution in [0, 0.1) is 20.8 Å². The molecule has 2 aliphatic rings. The van der Waals surface area contributed by atoms with Gasteiger partial charge in [-0.1, -0.05) is 42.5 Å². The molecule has 8 nitrogen and oxygen atoms in total. The third kappa shape index (κ3) is 5.63. The minimum absolute atomic E-state index is 0.00136. The molecule has 2 unspecified atom stereocenters. The predicted molar refractivity (Wildman–Crippen MR) is 155 cm³/mol. The average Bonchev–Trinajstić information content (AvgIpc) is 3.26. The number of imide groups is 1. The lowest BCUT2D eigenvalue weighted by molar-refractivity contribution is -0.150. The Morgan fingerprint density at radius 2 is 1.71 bits per heavy atom. The van der Waals surface area contributed by atoms with Crippen LogP contribution in [0.25, 0.3) is 0 Å². The van der Waals surface area contributed by atoms with Crippen molar-refractivity contribution in [2.24, 2.45) is 0 Å². The van der Waals surface area contributed by atoms with Gasteiger partial charge in [0.15, 0.2) is 0 Å². The number of nitrogens with one attached hydrogen (secondary N) is 1. The molecule has 2 heterocycles. The van der Waals surface area contributed by atoms with Crippen molar-refractivity contribution in [1.29, 1.82) is 0 Å². The van der Waals surface area contributed by atoms with Crippen LogP contribution in [0.3, 0.4) is 0 Å². The number of carbonyl (C=O) groups excluding carboxylic acids is 3. The van der Waals surface area contributed by atoms with E-state index in [0.717, 1.165) is 46.4 Å². The van der Waals surface area contributed by atoms with E-state index in [4.69, 9.17) is 14.2 Å². The predicted octanol–water partition coefficient (Wildman–Crippen LogP) is 5.49. The van der Waals surface area contributed by atoms with E-state index in [1.807, 2.05) is 58.0 Å². The molecule has 2 amide bonds. The SMILES string of the molecule is Cc1c(C)c2c(c(C)c1O)CCC(C)(COc1ccc(CC3(C(=O)OCc4ccccc4)SC(=O)NC3=O)cc1)O2. The summed E-state index contributed by atoms with van der Waals surface area (Å²) in [6.45, 7) is 8.09. The maximum atomic E-state index is 13.1. The Labute approximate surface area is 243 Å². The molecule has 1 fully saturated rings. The van der Waals surface area contributed by atoms with Crippen LogP contribution in [0.4, 0.5) is 4.79 Å². The number of amides is 2. The van der Waals surface area contributed by atoms with Crippen molar-refractivity contribution in [2.75, 3.05) is 6.61 Å². The van der Waals surface area contributed by atoms with Crippen molar-refractivity contribution < 1.29 is 33.7 Å². The van der Waals surface area contributed by atoms with Crippen LogP contribution in [0.5, 0.6) is 17.2 Å². The van der Waals surface area contributed by atoms with Gasteiger partial charge in [-0.15, -0.1) is 0 Å². The van der Waals surface area contributed by atoms with Gasteiger partial charge < -0.3 is 19.3 Å². The fourth-order valence-electron chi connectivity index (χ4n) is 5.21. The Morgan fingerprint density at radius 1 is 1.00 bits per heavy atom. The second kappa shape index (κ2) is 11.1. The lowest BCUT2D eigenvalue weighted by Crippen LogP contribution is -2.46. The summed E-state index contributed by atoms with van der Waals surface area (Å²) in [4.78, 5) is 38.0. The van der Waals surface area contributed by atoms with Crippen molar-refractivity contribution in [3.8, 4) is 17.2 Å². The van der Waals surface area contributed by atoms with E-state index in [2.05, 4.69) is 5.32 Å². The van der Waals surface area contributed by atoms with E-state index in [1.54, 1.807) is 24.3 Å². The summed E-state index contributed by atoms with van der Waals surface area (Å²) < 4.78 is 16.3. The van der Waals surface area contributed by atoms with Crippen molar-refractivity contribution in [3.63, 3.8) is 0 Å². The van der Waals surface area contributed by atoms with E-state index < -0.39 is 27.5 Å². The molecule has 3 aromatic rings. The number of benzene rings is 3. The number of carbonyl (C=O) groups is 3. The molecule has 41 heavy (non-hydrogen) atoms. The molecule has 3 aromatic carbocycles. The molecule has 1 saturated heterocycles. The zero-order chi connectivity index (χ0) is 29.4. The van der Waals surface area contributed by atoms with Crippen molar-refractivity contribution >= 4 is 28.9 Å².